The minimum atomic E-state index is -0.487. The second-order valence-electron chi connectivity index (χ2n) is 6.87. The summed E-state index contributed by atoms with van der Waals surface area (Å²) < 4.78 is 18.5. The molecule has 22 heavy (non-hydrogen) atoms. The van der Waals surface area contributed by atoms with Gasteiger partial charge in [0, 0.05) is 19.0 Å². The topological polar surface area (TPSA) is 55.6 Å². The number of amides is 1. The molecule has 0 saturated carbocycles. The van der Waals surface area contributed by atoms with Gasteiger partial charge >= 0.3 is 6.09 Å². The quantitative estimate of drug-likeness (QED) is 0.933. The van der Waals surface area contributed by atoms with Crippen LogP contribution in [-0.2, 0) is 4.74 Å². The SMILES string of the molecule is CC(C)(C)OC(=O)N1CCC(C(CN)c2ccc(F)cc2)C1. The van der Waals surface area contributed by atoms with E-state index in [4.69, 9.17) is 10.5 Å². The zero-order valence-corrected chi connectivity index (χ0v) is 13.5. The third kappa shape index (κ3) is 4.19. The molecule has 2 N–H and O–H groups in total. The number of likely N-dealkylation sites (tertiary alicyclic amines) is 1. The van der Waals surface area contributed by atoms with Crippen LogP contribution in [0, 0.1) is 11.7 Å². The van der Waals surface area contributed by atoms with Gasteiger partial charge in [0.2, 0.25) is 0 Å². The van der Waals surface area contributed by atoms with Crippen molar-refractivity contribution < 1.29 is 13.9 Å². The standard InChI is InChI=1S/C17H25FN2O2/c1-17(2,3)22-16(21)20-9-8-13(11-20)15(10-19)12-4-6-14(18)7-5-12/h4-7,13,15H,8-11,19H2,1-3H3. The van der Waals surface area contributed by atoms with Crippen LogP contribution in [-0.4, -0.2) is 36.2 Å². The first-order valence-corrected chi connectivity index (χ1v) is 7.73. The average Bonchev–Trinajstić information content (AvgIpc) is 2.89. The van der Waals surface area contributed by atoms with E-state index in [2.05, 4.69) is 0 Å². The fourth-order valence-corrected chi connectivity index (χ4v) is 2.92. The maximum atomic E-state index is 13.1. The number of nitrogens with two attached hydrogens (primary N) is 1. The molecule has 1 amide bonds. The molecule has 4 nitrogen and oxygen atoms in total. The van der Waals surface area contributed by atoms with Crippen molar-refractivity contribution >= 4 is 6.09 Å². The van der Waals surface area contributed by atoms with Crippen molar-refractivity contribution in [2.24, 2.45) is 11.7 Å². The minimum absolute atomic E-state index is 0.132. The molecule has 1 saturated heterocycles. The minimum Gasteiger partial charge on any atom is -0.444 e. The highest BCUT2D eigenvalue weighted by Crippen LogP contribution is 2.32. The number of nitrogens with zero attached hydrogens (tertiary/aromatic N) is 1. The Bertz CT molecular complexity index is 510. The zero-order valence-electron chi connectivity index (χ0n) is 13.5. The first-order valence-electron chi connectivity index (χ1n) is 7.73. The number of rotatable bonds is 3. The lowest BCUT2D eigenvalue weighted by Gasteiger charge is -2.26. The molecule has 1 aromatic carbocycles. The Hall–Kier alpha value is -1.62. The molecule has 1 fully saturated rings. The Morgan fingerprint density at radius 2 is 2.05 bits per heavy atom. The van der Waals surface area contributed by atoms with Gasteiger partial charge < -0.3 is 15.4 Å². The Balaban J connectivity index is 2.01. The van der Waals surface area contributed by atoms with Crippen LogP contribution in [0.2, 0.25) is 0 Å². The van der Waals surface area contributed by atoms with Gasteiger partial charge in [-0.15, -0.1) is 0 Å². The molecular weight excluding hydrogens is 283 g/mol. The molecule has 0 radical (unpaired) electrons. The summed E-state index contributed by atoms with van der Waals surface area (Å²) in [5.74, 6) is 0.164. The number of hydrogen-bond acceptors (Lipinski definition) is 3. The monoisotopic (exact) mass is 308 g/mol. The summed E-state index contributed by atoms with van der Waals surface area (Å²) in [5, 5.41) is 0. The zero-order chi connectivity index (χ0) is 16.3. The number of carbonyl (C=O) groups excluding carboxylic acids is 1. The third-order valence-electron chi connectivity index (χ3n) is 4.00. The van der Waals surface area contributed by atoms with E-state index < -0.39 is 5.60 Å². The molecule has 2 atom stereocenters. The van der Waals surface area contributed by atoms with Crippen molar-refractivity contribution in [1.82, 2.24) is 4.90 Å². The van der Waals surface area contributed by atoms with Crippen molar-refractivity contribution in [2.45, 2.75) is 38.7 Å². The summed E-state index contributed by atoms with van der Waals surface area (Å²) in [4.78, 5) is 13.9. The van der Waals surface area contributed by atoms with E-state index in [-0.39, 0.29) is 23.7 Å². The van der Waals surface area contributed by atoms with Crippen LogP contribution in [0.4, 0.5) is 9.18 Å². The second-order valence-corrected chi connectivity index (χ2v) is 6.87. The first-order chi connectivity index (χ1) is 10.3. The smallest absolute Gasteiger partial charge is 0.410 e. The van der Waals surface area contributed by atoms with E-state index in [9.17, 15) is 9.18 Å². The molecule has 2 rings (SSSR count). The molecule has 1 aliphatic rings. The van der Waals surface area contributed by atoms with Crippen LogP contribution in [0.3, 0.4) is 0 Å². The summed E-state index contributed by atoms with van der Waals surface area (Å²) in [5.41, 5.74) is 6.46. The molecule has 5 heteroatoms. The van der Waals surface area contributed by atoms with Gasteiger partial charge in [-0.1, -0.05) is 12.1 Å². The van der Waals surface area contributed by atoms with Crippen LogP contribution in [0.1, 0.15) is 38.7 Å². The highest BCUT2D eigenvalue weighted by molar-refractivity contribution is 5.68. The van der Waals surface area contributed by atoms with E-state index in [0.29, 0.717) is 19.6 Å². The molecule has 1 heterocycles. The number of ether oxygens (including phenoxy) is 1. The molecular formula is C17H25FN2O2. The Labute approximate surface area is 131 Å². The van der Waals surface area contributed by atoms with Gasteiger partial charge in [0.1, 0.15) is 11.4 Å². The van der Waals surface area contributed by atoms with E-state index in [1.165, 1.54) is 12.1 Å². The Morgan fingerprint density at radius 3 is 2.59 bits per heavy atom. The maximum Gasteiger partial charge on any atom is 0.410 e. The number of hydrogen-bond donors (Lipinski definition) is 1. The van der Waals surface area contributed by atoms with Crippen molar-refractivity contribution in [1.29, 1.82) is 0 Å². The summed E-state index contributed by atoms with van der Waals surface area (Å²) in [6.45, 7) is 7.38. The molecule has 0 aromatic heterocycles. The van der Waals surface area contributed by atoms with Crippen LogP contribution in [0.15, 0.2) is 24.3 Å². The highest BCUT2D eigenvalue weighted by atomic mass is 19.1. The summed E-state index contributed by atoms with van der Waals surface area (Å²) in [6, 6.07) is 6.48. The lowest BCUT2D eigenvalue weighted by Crippen LogP contribution is -2.36. The second kappa shape index (κ2) is 6.65. The number of benzene rings is 1. The van der Waals surface area contributed by atoms with Crippen molar-refractivity contribution in [2.75, 3.05) is 19.6 Å². The van der Waals surface area contributed by atoms with Crippen molar-refractivity contribution in [3.05, 3.63) is 35.6 Å². The lowest BCUT2D eigenvalue weighted by atomic mass is 9.85. The van der Waals surface area contributed by atoms with Gasteiger partial charge in [-0.05, 0) is 57.4 Å². The lowest BCUT2D eigenvalue weighted by molar-refractivity contribution is 0.0286. The Kier molecular flexibility index (Phi) is 5.06. The van der Waals surface area contributed by atoms with Crippen LogP contribution in [0.25, 0.3) is 0 Å². The number of halogens is 1. The molecule has 0 bridgehead atoms. The molecule has 2 unspecified atom stereocenters. The van der Waals surface area contributed by atoms with E-state index in [1.54, 1.807) is 17.0 Å². The summed E-state index contributed by atoms with van der Waals surface area (Å²) in [7, 11) is 0. The van der Waals surface area contributed by atoms with Gasteiger partial charge in [-0.2, -0.15) is 0 Å². The van der Waals surface area contributed by atoms with Gasteiger partial charge in [0.15, 0.2) is 0 Å². The predicted molar refractivity (Wildman–Crippen MR) is 84.1 cm³/mol. The predicted octanol–water partition coefficient (Wildman–Crippen LogP) is 3.13. The Morgan fingerprint density at radius 1 is 1.41 bits per heavy atom. The van der Waals surface area contributed by atoms with Gasteiger partial charge in [0.05, 0.1) is 0 Å². The third-order valence-corrected chi connectivity index (χ3v) is 4.00. The molecule has 0 spiro atoms. The molecule has 1 aromatic rings. The maximum absolute atomic E-state index is 13.1. The average molecular weight is 308 g/mol. The van der Waals surface area contributed by atoms with E-state index >= 15 is 0 Å². The van der Waals surface area contributed by atoms with Gasteiger partial charge in [0.25, 0.3) is 0 Å². The van der Waals surface area contributed by atoms with Crippen LogP contribution in [0.5, 0.6) is 0 Å². The molecule has 1 aliphatic heterocycles. The number of carbonyl (C=O) groups is 1. The van der Waals surface area contributed by atoms with E-state index in [1.807, 2.05) is 20.8 Å². The van der Waals surface area contributed by atoms with Crippen molar-refractivity contribution in [3.8, 4) is 0 Å². The molecule has 0 aliphatic carbocycles. The first kappa shape index (κ1) is 16.7. The van der Waals surface area contributed by atoms with E-state index in [0.717, 1.165) is 12.0 Å². The largest absolute Gasteiger partial charge is 0.444 e. The fourth-order valence-electron chi connectivity index (χ4n) is 2.92. The van der Waals surface area contributed by atoms with Crippen LogP contribution < -0.4 is 5.73 Å². The van der Waals surface area contributed by atoms with Crippen LogP contribution >= 0.6 is 0 Å². The van der Waals surface area contributed by atoms with Crippen molar-refractivity contribution in [3.63, 3.8) is 0 Å². The molecule has 122 valence electrons. The summed E-state index contributed by atoms with van der Waals surface area (Å²) in [6.07, 6.45) is 0.614. The van der Waals surface area contributed by atoms with Gasteiger partial charge in [-0.3, -0.25) is 0 Å². The van der Waals surface area contributed by atoms with Gasteiger partial charge in [-0.25, -0.2) is 9.18 Å². The fraction of sp³-hybridized carbons (Fsp3) is 0.588. The summed E-state index contributed by atoms with van der Waals surface area (Å²) >= 11 is 0. The highest BCUT2D eigenvalue weighted by Gasteiger charge is 2.34. The normalized spacial score (nSPS) is 20.0.